The molecule has 0 aromatic heterocycles. The second-order valence-corrected chi connectivity index (χ2v) is 6.65. The lowest BCUT2D eigenvalue weighted by Gasteiger charge is -2.35. The Balaban J connectivity index is 1.64. The average molecular weight is 403 g/mol. The Hall–Kier alpha value is -2.34. The molecule has 5 nitrogen and oxygen atoms in total. The number of carbonyl (C=O) groups excluding carboxylic acids is 2. The molecule has 0 bridgehead atoms. The molecule has 1 aliphatic heterocycles. The standard InChI is InChI=1S/C19H19BrN2O3/c1-25-15-6-4-5-14(13-15)18(23)21-9-11-22(12-10-21)19(24)16-7-2-3-8-17(16)20/h2-8,13H,9-12H2,1H3. The number of halogens is 1. The van der Waals surface area contributed by atoms with Gasteiger partial charge in [0.2, 0.25) is 0 Å². The minimum atomic E-state index is -0.0353. The normalized spacial score (nSPS) is 14.3. The molecule has 25 heavy (non-hydrogen) atoms. The first-order valence-electron chi connectivity index (χ1n) is 8.07. The van der Waals surface area contributed by atoms with E-state index in [1.165, 1.54) is 0 Å². The fourth-order valence-electron chi connectivity index (χ4n) is 2.86. The Kier molecular flexibility index (Phi) is 5.38. The summed E-state index contributed by atoms with van der Waals surface area (Å²) in [5.41, 5.74) is 1.25. The van der Waals surface area contributed by atoms with Gasteiger partial charge in [-0.25, -0.2) is 0 Å². The van der Waals surface area contributed by atoms with Crippen LogP contribution in [0, 0.1) is 0 Å². The van der Waals surface area contributed by atoms with E-state index in [2.05, 4.69) is 15.9 Å². The maximum atomic E-state index is 12.6. The van der Waals surface area contributed by atoms with Gasteiger partial charge >= 0.3 is 0 Å². The number of rotatable bonds is 3. The number of benzene rings is 2. The Labute approximate surface area is 155 Å². The molecule has 1 saturated heterocycles. The number of carbonyl (C=O) groups is 2. The summed E-state index contributed by atoms with van der Waals surface area (Å²) < 4.78 is 5.96. The SMILES string of the molecule is COc1cccc(C(=O)N2CCN(C(=O)c3ccccc3Br)CC2)c1. The summed E-state index contributed by atoms with van der Waals surface area (Å²) in [7, 11) is 1.58. The van der Waals surface area contributed by atoms with Crippen molar-refractivity contribution >= 4 is 27.7 Å². The molecule has 2 aromatic rings. The van der Waals surface area contributed by atoms with Crippen LogP contribution in [0.15, 0.2) is 53.0 Å². The van der Waals surface area contributed by atoms with Gasteiger partial charge in [0, 0.05) is 36.2 Å². The number of ether oxygens (including phenoxy) is 1. The molecule has 0 spiro atoms. The highest BCUT2D eigenvalue weighted by molar-refractivity contribution is 9.10. The lowest BCUT2D eigenvalue weighted by atomic mass is 10.1. The third-order valence-corrected chi connectivity index (χ3v) is 4.97. The Bertz CT molecular complexity index is 786. The summed E-state index contributed by atoms with van der Waals surface area (Å²) in [5.74, 6) is 0.612. The van der Waals surface area contributed by atoms with Crippen LogP contribution >= 0.6 is 15.9 Å². The molecule has 0 atom stereocenters. The molecule has 0 aliphatic carbocycles. The summed E-state index contributed by atoms with van der Waals surface area (Å²) in [6, 6.07) is 14.5. The Morgan fingerprint density at radius 1 is 0.920 bits per heavy atom. The predicted molar refractivity (Wildman–Crippen MR) is 98.9 cm³/mol. The van der Waals surface area contributed by atoms with E-state index in [1.807, 2.05) is 24.3 Å². The van der Waals surface area contributed by atoms with Crippen molar-refractivity contribution in [3.05, 3.63) is 64.1 Å². The lowest BCUT2D eigenvalue weighted by molar-refractivity contribution is 0.0535. The van der Waals surface area contributed by atoms with E-state index in [9.17, 15) is 9.59 Å². The van der Waals surface area contributed by atoms with Crippen molar-refractivity contribution in [3.63, 3.8) is 0 Å². The molecule has 1 aliphatic rings. The first-order valence-corrected chi connectivity index (χ1v) is 8.86. The zero-order valence-corrected chi connectivity index (χ0v) is 15.5. The molecule has 1 heterocycles. The van der Waals surface area contributed by atoms with Crippen LogP contribution in [0.1, 0.15) is 20.7 Å². The van der Waals surface area contributed by atoms with Crippen LogP contribution in [-0.4, -0.2) is 54.9 Å². The van der Waals surface area contributed by atoms with E-state index < -0.39 is 0 Å². The van der Waals surface area contributed by atoms with Crippen LogP contribution in [0.3, 0.4) is 0 Å². The highest BCUT2D eigenvalue weighted by Gasteiger charge is 2.26. The molecule has 3 rings (SSSR count). The van der Waals surface area contributed by atoms with Gasteiger partial charge in [0.25, 0.3) is 11.8 Å². The molecule has 130 valence electrons. The topological polar surface area (TPSA) is 49.9 Å². The molecule has 2 aromatic carbocycles. The number of piperazine rings is 1. The van der Waals surface area contributed by atoms with Crippen LogP contribution in [0.5, 0.6) is 5.75 Å². The molecular weight excluding hydrogens is 384 g/mol. The van der Waals surface area contributed by atoms with Gasteiger partial charge in [-0.2, -0.15) is 0 Å². The van der Waals surface area contributed by atoms with E-state index in [0.717, 1.165) is 4.47 Å². The van der Waals surface area contributed by atoms with Crippen molar-refractivity contribution in [1.29, 1.82) is 0 Å². The first kappa shape index (κ1) is 17.5. The summed E-state index contributed by atoms with van der Waals surface area (Å²) in [6.45, 7) is 2.09. The number of methoxy groups -OCH3 is 1. The number of hydrogen-bond donors (Lipinski definition) is 0. The summed E-state index contributed by atoms with van der Waals surface area (Å²) in [6.07, 6.45) is 0. The molecule has 0 N–H and O–H groups in total. The molecule has 0 unspecified atom stereocenters. The monoisotopic (exact) mass is 402 g/mol. The molecule has 1 fully saturated rings. The number of hydrogen-bond acceptors (Lipinski definition) is 3. The van der Waals surface area contributed by atoms with Gasteiger partial charge in [-0.1, -0.05) is 18.2 Å². The third kappa shape index (κ3) is 3.85. The van der Waals surface area contributed by atoms with Gasteiger partial charge in [-0.3, -0.25) is 9.59 Å². The fraction of sp³-hybridized carbons (Fsp3) is 0.263. The van der Waals surface area contributed by atoms with E-state index in [-0.39, 0.29) is 11.8 Å². The number of amides is 2. The van der Waals surface area contributed by atoms with E-state index in [4.69, 9.17) is 4.74 Å². The van der Waals surface area contributed by atoms with E-state index >= 15 is 0 Å². The van der Waals surface area contributed by atoms with Crippen molar-refractivity contribution in [2.24, 2.45) is 0 Å². The second kappa shape index (κ2) is 7.70. The first-order chi connectivity index (χ1) is 12.1. The zero-order valence-electron chi connectivity index (χ0n) is 13.9. The van der Waals surface area contributed by atoms with Crippen LogP contribution < -0.4 is 4.74 Å². The molecule has 6 heteroatoms. The lowest BCUT2D eigenvalue weighted by Crippen LogP contribution is -2.50. The number of nitrogens with zero attached hydrogens (tertiary/aromatic N) is 2. The van der Waals surface area contributed by atoms with Crippen molar-refractivity contribution in [1.82, 2.24) is 9.80 Å². The van der Waals surface area contributed by atoms with Crippen molar-refractivity contribution in [3.8, 4) is 5.75 Å². The van der Waals surface area contributed by atoms with Crippen LogP contribution in [-0.2, 0) is 0 Å². The highest BCUT2D eigenvalue weighted by Crippen LogP contribution is 2.20. The maximum Gasteiger partial charge on any atom is 0.255 e. The van der Waals surface area contributed by atoms with Gasteiger partial charge in [-0.05, 0) is 46.3 Å². The minimum absolute atomic E-state index is 0.0130. The summed E-state index contributed by atoms with van der Waals surface area (Å²) in [4.78, 5) is 28.8. The molecule has 0 radical (unpaired) electrons. The summed E-state index contributed by atoms with van der Waals surface area (Å²) in [5, 5.41) is 0. The predicted octanol–water partition coefficient (Wildman–Crippen LogP) is 3.06. The van der Waals surface area contributed by atoms with E-state index in [1.54, 1.807) is 41.2 Å². The Morgan fingerprint density at radius 3 is 2.20 bits per heavy atom. The largest absolute Gasteiger partial charge is 0.497 e. The second-order valence-electron chi connectivity index (χ2n) is 5.80. The molecular formula is C19H19BrN2O3. The highest BCUT2D eigenvalue weighted by atomic mass is 79.9. The summed E-state index contributed by atoms with van der Waals surface area (Å²) >= 11 is 3.42. The fourth-order valence-corrected chi connectivity index (χ4v) is 3.31. The van der Waals surface area contributed by atoms with Gasteiger partial charge in [0.1, 0.15) is 5.75 Å². The minimum Gasteiger partial charge on any atom is -0.497 e. The van der Waals surface area contributed by atoms with Crippen molar-refractivity contribution in [2.45, 2.75) is 0 Å². The van der Waals surface area contributed by atoms with Crippen LogP contribution in [0.25, 0.3) is 0 Å². The van der Waals surface area contributed by atoms with Crippen LogP contribution in [0.2, 0.25) is 0 Å². The van der Waals surface area contributed by atoms with Gasteiger partial charge < -0.3 is 14.5 Å². The van der Waals surface area contributed by atoms with Gasteiger partial charge in [0.15, 0.2) is 0 Å². The maximum absolute atomic E-state index is 12.6. The molecule has 2 amide bonds. The Morgan fingerprint density at radius 2 is 1.56 bits per heavy atom. The smallest absolute Gasteiger partial charge is 0.255 e. The van der Waals surface area contributed by atoms with Gasteiger partial charge in [0.05, 0.1) is 12.7 Å². The quantitative estimate of drug-likeness (QED) is 0.792. The van der Waals surface area contributed by atoms with Crippen molar-refractivity contribution in [2.75, 3.05) is 33.3 Å². The average Bonchev–Trinajstić information content (AvgIpc) is 2.67. The van der Waals surface area contributed by atoms with Crippen molar-refractivity contribution < 1.29 is 14.3 Å². The zero-order chi connectivity index (χ0) is 17.8. The van der Waals surface area contributed by atoms with E-state index in [0.29, 0.717) is 43.1 Å². The van der Waals surface area contributed by atoms with Gasteiger partial charge in [-0.15, -0.1) is 0 Å². The van der Waals surface area contributed by atoms with Crippen LogP contribution in [0.4, 0.5) is 0 Å². The third-order valence-electron chi connectivity index (χ3n) is 4.28. The molecule has 0 saturated carbocycles.